The summed E-state index contributed by atoms with van der Waals surface area (Å²) in [6.45, 7) is 1.89. The van der Waals surface area contributed by atoms with Crippen LogP contribution < -0.4 is 5.32 Å². The number of aromatic nitrogens is 2. The number of methoxy groups -OCH3 is 1. The summed E-state index contributed by atoms with van der Waals surface area (Å²) in [4.78, 5) is 19.7. The van der Waals surface area contributed by atoms with Gasteiger partial charge in [0.25, 0.3) is 0 Å². The van der Waals surface area contributed by atoms with Gasteiger partial charge in [0.05, 0.1) is 12.7 Å². The van der Waals surface area contributed by atoms with Crippen LogP contribution in [0, 0.1) is 6.92 Å². The molecule has 0 amide bonds. The normalized spacial score (nSPS) is 9.89. The van der Waals surface area contributed by atoms with E-state index in [0.717, 1.165) is 11.4 Å². The minimum atomic E-state index is -0.371. The maximum Gasteiger partial charge on any atom is 0.337 e. The molecule has 18 heavy (non-hydrogen) atoms. The zero-order chi connectivity index (χ0) is 13.0. The lowest BCUT2D eigenvalue weighted by molar-refractivity contribution is 0.0601. The van der Waals surface area contributed by atoms with Crippen molar-refractivity contribution < 1.29 is 9.53 Å². The Morgan fingerprint density at radius 2 is 2.17 bits per heavy atom. The number of carbonyl (C=O) groups excluding carboxylic acids is 1. The molecule has 1 heterocycles. The molecule has 5 nitrogen and oxygen atoms in total. The molecule has 0 aliphatic rings. The van der Waals surface area contributed by atoms with Gasteiger partial charge >= 0.3 is 5.97 Å². The van der Waals surface area contributed by atoms with Crippen LogP contribution >= 0.6 is 0 Å². The molecule has 0 atom stereocenters. The Balaban J connectivity index is 2.22. The van der Waals surface area contributed by atoms with E-state index in [1.165, 1.54) is 7.11 Å². The van der Waals surface area contributed by atoms with Gasteiger partial charge in [0, 0.05) is 17.6 Å². The van der Waals surface area contributed by atoms with Crippen LogP contribution in [0.3, 0.4) is 0 Å². The van der Waals surface area contributed by atoms with E-state index in [-0.39, 0.29) is 5.97 Å². The maximum atomic E-state index is 11.4. The first-order valence-electron chi connectivity index (χ1n) is 5.44. The van der Waals surface area contributed by atoms with Crippen molar-refractivity contribution in [1.29, 1.82) is 0 Å². The highest BCUT2D eigenvalue weighted by molar-refractivity contribution is 5.90. The first-order valence-corrected chi connectivity index (χ1v) is 5.44. The van der Waals surface area contributed by atoms with Gasteiger partial charge in [-0.1, -0.05) is 6.07 Å². The van der Waals surface area contributed by atoms with Crippen LogP contribution in [0.15, 0.2) is 36.5 Å². The molecule has 92 valence electrons. The number of hydrogen-bond acceptors (Lipinski definition) is 5. The lowest BCUT2D eigenvalue weighted by atomic mass is 10.2. The molecule has 0 fully saturated rings. The van der Waals surface area contributed by atoms with Gasteiger partial charge in [-0.15, -0.1) is 0 Å². The summed E-state index contributed by atoms with van der Waals surface area (Å²) in [6.07, 6.45) is 1.68. The average Bonchev–Trinajstić information content (AvgIpc) is 2.38. The number of benzene rings is 1. The second-order valence-corrected chi connectivity index (χ2v) is 3.72. The zero-order valence-corrected chi connectivity index (χ0v) is 10.2. The molecule has 2 aromatic rings. The maximum absolute atomic E-state index is 11.4. The number of nitrogens with one attached hydrogen (secondary N) is 1. The zero-order valence-electron chi connectivity index (χ0n) is 10.2. The first kappa shape index (κ1) is 12.0. The first-order chi connectivity index (χ1) is 8.69. The van der Waals surface area contributed by atoms with Gasteiger partial charge in [0.2, 0.25) is 5.95 Å². The van der Waals surface area contributed by atoms with Gasteiger partial charge in [0.1, 0.15) is 0 Å². The number of carbonyl (C=O) groups is 1. The van der Waals surface area contributed by atoms with Crippen LogP contribution in [0.2, 0.25) is 0 Å². The summed E-state index contributed by atoms with van der Waals surface area (Å²) >= 11 is 0. The number of ether oxygens (including phenoxy) is 1. The molecule has 0 saturated carbocycles. The van der Waals surface area contributed by atoms with Crippen LogP contribution in [-0.4, -0.2) is 23.0 Å². The molecule has 0 saturated heterocycles. The fraction of sp³-hybridized carbons (Fsp3) is 0.154. The van der Waals surface area contributed by atoms with Gasteiger partial charge in [-0.3, -0.25) is 0 Å². The molecule has 0 unspecified atom stereocenters. The average molecular weight is 243 g/mol. The number of rotatable bonds is 3. The summed E-state index contributed by atoms with van der Waals surface area (Å²) in [7, 11) is 1.35. The monoisotopic (exact) mass is 243 g/mol. The van der Waals surface area contributed by atoms with Gasteiger partial charge in [-0.25, -0.2) is 14.8 Å². The number of aryl methyl sites for hydroxylation is 1. The molecule has 0 radical (unpaired) electrons. The van der Waals surface area contributed by atoms with E-state index in [2.05, 4.69) is 20.0 Å². The minimum absolute atomic E-state index is 0.371. The van der Waals surface area contributed by atoms with Crippen LogP contribution in [0.25, 0.3) is 0 Å². The van der Waals surface area contributed by atoms with Gasteiger partial charge < -0.3 is 10.1 Å². The van der Waals surface area contributed by atoms with E-state index >= 15 is 0 Å². The van der Waals surface area contributed by atoms with E-state index in [1.807, 2.05) is 19.1 Å². The van der Waals surface area contributed by atoms with Crippen molar-refractivity contribution in [3.8, 4) is 0 Å². The Bertz CT molecular complexity index is 570. The SMILES string of the molecule is COC(=O)c1cccc(Nc2nccc(C)n2)c1. The molecule has 0 bridgehead atoms. The highest BCUT2D eigenvalue weighted by Crippen LogP contribution is 2.15. The van der Waals surface area contributed by atoms with Crippen molar-refractivity contribution in [2.75, 3.05) is 12.4 Å². The van der Waals surface area contributed by atoms with Gasteiger partial charge in [-0.05, 0) is 31.2 Å². The van der Waals surface area contributed by atoms with Crippen molar-refractivity contribution in [3.05, 3.63) is 47.8 Å². The Labute approximate surface area is 105 Å². The van der Waals surface area contributed by atoms with Crippen molar-refractivity contribution in [3.63, 3.8) is 0 Å². The van der Waals surface area contributed by atoms with E-state index in [0.29, 0.717) is 11.5 Å². The fourth-order valence-electron chi connectivity index (χ4n) is 1.48. The fourth-order valence-corrected chi connectivity index (χ4v) is 1.48. The second-order valence-electron chi connectivity index (χ2n) is 3.72. The van der Waals surface area contributed by atoms with Crippen molar-refractivity contribution in [2.24, 2.45) is 0 Å². The van der Waals surface area contributed by atoms with Crippen LogP contribution in [0.1, 0.15) is 16.1 Å². The summed E-state index contributed by atoms with van der Waals surface area (Å²) in [5, 5.41) is 3.03. The smallest absolute Gasteiger partial charge is 0.337 e. The topological polar surface area (TPSA) is 64.1 Å². The molecule has 0 aliphatic heterocycles. The molecular weight excluding hydrogens is 230 g/mol. The Morgan fingerprint density at radius 1 is 1.33 bits per heavy atom. The molecule has 5 heteroatoms. The van der Waals surface area contributed by atoms with Crippen molar-refractivity contribution in [2.45, 2.75) is 6.92 Å². The van der Waals surface area contributed by atoms with Gasteiger partial charge in [-0.2, -0.15) is 0 Å². The number of nitrogens with zero attached hydrogens (tertiary/aromatic N) is 2. The third-order valence-electron chi connectivity index (χ3n) is 2.33. The third-order valence-corrected chi connectivity index (χ3v) is 2.33. The van der Waals surface area contributed by atoms with Crippen LogP contribution in [0.4, 0.5) is 11.6 Å². The van der Waals surface area contributed by atoms with Crippen LogP contribution in [0.5, 0.6) is 0 Å². The highest BCUT2D eigenvalue weighted by Gasteiger charge is 2.06. The summed E-state index contributed by atoms with van der Waals surface area (Å²) in [5.41, 5.74) is 2.09. The predicted octanol–water partition coefficient (Wildman–Crippen LogP) is 2.32. The lowest BCUT2D eigenvalue weighted by Gasteiger charge is -2.06. The number of esters is 1. The largest absolute Gasteiger partial charge is 0.465 e. The van der Waals surface area contributed by atoms with Gasteiger partial charge in [0.15, 0.2) is 0 Å². The van der Waals surface area contributed by atoms with Crippen LogP contribution in [-0.2, 0) is 4.74 Å². The van der Waals surface area contributed by atoms with Crippen molar-refractivity contribution in [1.82, 2.24) is 9.97 Å². The summed E-state index contributed by atoms with van der Waals surface area (Å²) < 4.78 is 4.66. The lowest BCUT2D eigenvalue weighted by Crippen LogP contribution is -2.03. The molecule has 0 spiro atoms. The summed E-state index contributed by atoms with van der Waals surface area (Å²) in [5.74, 6) is 0.126. The second kappa shape index (κ2) is 5.27. The van der Waals surface area contributed by atoms with E-state index in [4.69, 9.17) is 0 Å². The molecular formula is C13H13N3O2. The van der Waals surface area contributed by atoms with E-state index < -0.39 is 0 Å². The Kier molecular flexibility index (Phi) is 3.52. The standard InChI is InChI=1S/C13H13N3O2/c1-9-6-7-14-13(15-9)16-11-5-3-4-10(8-11)12(17)18-2/h3-8H,1-2H3,(H,14,15,16). The minimum Gasteiger partial charge on any atom is -0.465 e. The predicted molar refractivity (Wildman–Crippen MR) is 67.8 cm³/mol. The highest BCUT2D eigenvalue weighted by atomic mass is 16.5. The van der Waals surface area contributed by atoms with E-state index in [9.17, 15) is 4.79 Å². The molecule has 1 N–H and O–H groups in total. The molecule has 0 aliphatic carbocycles. The summed E-state index contributed by atoms with van der Waals surface area (Å²) in [6, 6.07) is 8.80. The third kappa shape index (κ3) is 2.82. The van der Waals surface area contributed by atoms with E-state index in [1.54, 1.807) is 24.4 Å². The Hall–Kier alpha value is -2.43. The molecule has 1 aromatic carbocycles. The van der Waals surface area contributed by atoms with Crippen molar-refractivity contribution >= 4 is 17.6 Å². The molecule has 2 rings (SSSR count). The number of hydrogen-bond donors (Lipinski definition) is 1. The number of anilines is 2. The molecule has 1 aromatic heterocycles. The Morgan fingerprint density at radius 3 is 2.89 bits per heavy atom. The quantitative estimate of drug-likeness (QED) is 0.838.